The molecular formula is C13H15ClN2S2. The number of anilines is 1. The minimum Gasteiger partial charge on any atom is -0.398 e. The SMILES string of the molecule is CC(C)c1nc(CSc2ccc(N)c(Cl)c2)cs1. The van der Waals surface area contributed by atoms with Gasteiger partial charge in [0.15, 0.2) is 0 Å². The summed E-state index contributed by atoms with van der Waals surface area (Å²) in [6, 6.07) is 5.73. The van der Waals surface area contributed by atoms with Gasteiger partial charge in [-0.1, -0.05) is 25.4 Å². The fourth-order valence-corrected chi connectivity index (χ4v) is 3.42. The number of halogens is 1. The van der Waals surface area contributed by atoms with Crippen molar-refractivity contribution in [3.05, 3.63) is 39.3 Å². The summed E-state index contributed by atoms with van der Waals surface area (Å²) in [7, 11) is 0. The van der Waals surface area contributed by atoms with Crippen molar-refractivity contribution in [2.45, 2.75) is 30.4 Å². The zero-order valence-corrected chi connectivity index (χ0v) is 12.7. The van der Waals surface area contributed by atoms with E-state index in [1.165, 1.54) is 5.01 Å². The Hall–Kier alpha value is -0.710. The molecule has 1 heterocycles. The third kappa shape index (κ3) is 3.40. The Morgan fingerprint density at radius 2 is 2.22 bits per heavy atom. The van der Waals surface area contributed by atoms with Gasteiger partial charge in [-0.05, 0) is 18.2 Å². The Labute approximate surface area is 121 Å². The summed E-state index contributed by atoms with van der Waals surface area (Å²) in [6.07, 6.45) is 0. The second kappa shape index (κ2) is 5.95. The largest absolute Gasteiger partial charge is 0.398 e. The number of benzene rings is 1. The monoisotopic (exact) mass is 298 g/mol. The van der Waals surface area contributed by atoms with Gasteiger partial charge in [0.1, 0.15) is 0 Å². The molecule has 0 atom stereocenters. The van der Waals surface area contributed by atoms with Crippen LogP contribution in [0.1, 0.15) is 30.5 Å². The van der Waals surface area contributed by atoms with E-state index in [4.69, 9.17) is 17.3 Å². The van der Waals surface area contributed by atoms with Gasteiger partial charge in [-0.15, -0.1) is 23.1 Å². The maximum absolute atomic E-state index is 5.99. The highest BCUT2D eigenvalue weighted by atomic mass is 35.5. The number of hydrogen-bond donors (Lipinski definition) is 1. The molecular weight excluding hydrogens is 284 g/mol. The Kier molecular flexibility index (Phi) is 4.54. The van der Waals surface area contributed by atoms with E-state index in [0.717, 1.165) is 16.3 Å². The van der Waals surface area contributed by atoms with Crippen molar-refractivity contribution in [3.8, 4) is 0 Å². The van der Waals surface area contributed by atoms with E-state index >= 15 is 0 Å². The zero-order valence-electron chi connectivity index (χ0n) is 10.3. The Bertz CT molecular complexity index is 538. The van der Waals surface area contributed by atoms with Crippen molar-refractivity contribution in [1.82, 2.24) is 4.98 Å². The number of nitrogens with two attached hydrogens (primary N) is 1. The molecule has 0 amide bonds. The maximum atomic E-state index is 5.99. The molecule has 0 unspecified atom stereocenters. The molecule has 18 heavy (non-hydrogen) atoms. The summed E-state index contributed by atoms with van der Waals surface area (Å²) in [5.74, 6) is 1.36. The molecule has 0 bridgehead atoms. The fourth-order valence-electron chi connectivity index (χ4n) is 1.41. The third-order valence-electron chi connectivity index (χ3n) is 2.42. The molecule has 0 saturated heterocycles. The number of hydrogen-bond acceptors (Lipinski definition) is 4. The number of aromatic nitrogens is 1. The van der Waals surface area contributed by atoms with Crippen molar-refractivity contribution in [1.29, 1.82) is 0 Å². The first kappa shape index (κ1) is 13.7. The lowest BCUT2D eigenvalue weighted by molar-refractivity contribution is 0.846. The molecule has 96 valence electrons. The van der Waals surface area contributed by atoms with Crippen molar-refractivity contribution < 1.29 is 0 Å². The van der Waals surface area contributed by atoms with Gasteiger partial charge >= 0.3 is 0 Å². The van der Waals surface area contributed by atoms with Crippen LogP contribution in [0.4, 0.5) is 5.69 Å². The predicted octanol–water partition coefficient (Wildman–Crippen LogP) is 4.79. The van der Waals surface area contributed by atoms with E-state index in [-0.39, 0.29) is 0 Å². The van der Waals surface area contributed by atoms with Gasteiger partial charge in [0.2, 0.25) is 0 Å². The molecule has 2 rings (SSSR count). The number of nitrogens with zero attached hydrogens (tertiary/aromatic N) is 1. The van der Waals surface area contributed by atoms with Crippen LogP contribution in [0.5, 0.6) is 0 Å². The van der Waals surface area contributed by atoms with E-state index in [9.17, 15) is 0 Å². The average Bonchev–Trinajstić information content (AvgIpc) is 2.79. The van der Waals surface area contributed by atoms with Gasteiger partial charge in [0.05, 0.1) is 21.4 Å². The summed E-state index contributed by atoms with van der Waals surface area (Å²) in [6.45, 7) is 4.32. The lowest BCUT2D eigenvalue weighted by Gasteiger charge is -2.02. The molecule has 0 spiro atoms. The predicted molar refractivity (Wildman–Crippen MR) is 81.6 cm³/mol. The van der Waals surface area contributed by atoms with Crippen LogP contribution in [-0.4, -0.2) is 4.98 Å². The van der Waals surface area contributed by atoms with E-state index in [2.05, 4.69) is 24.2 Å². The first-order valence-electron chi connectivity index (χ1n) is 5.68. The van der Waals surface area contributed by atoms with Crippen LogP contribution < -0.4 is 5.73 Å². The lowest BCUT2D eigenvalue weighted by atomic mass is 10.2. The van der Waals surface area contributed by atoms with Crippen LogP contribution in [0.2, 0.25) is 5.02 Å². The first-order chi connectivity index (χ1) is 8.56. The van der Waals surface area contributed by atoms with Crippen molar-refractivity contribution in [2.75, 3.05) is 5.73 Å². The second-order valence-corrected chi connectivity index (χ2v) is 6.65. The smallest absolute Gasteiger partial charge is 0.0954 e. The van der Waals surface area contributed by atoms with Crippen LogP contribution >= 0.6 is 34.7 Å². The fraction of sp³-hybridized carbons (Fsp3) is 0.308. The van der Waals surface area contributed by atoms with E-state index in [0.29, 0.717) is 16.6 Å². The highest BCUT2D eigenvalue weighted by Crippen LogP contribution is 2.29. The van der Waals surface area contributed by atoms with Crippen molar-refractivity contribution >= 4 is 40.4 Å². The van der Waals surface area contributed by atoms with Gasteiger partial charge in [0.25, 0.3) is 0 Å². The zero-order chi connectivity index (χ0) is 13.1. The van der Waals surface area contributed by atoms with Crippen LogP contribution in [0.3, 0.4) is 0 Å². The number of thioether (sulfide) groups is 1. The molecule has 1 aromatic heterocycles. The molecule has 0 aliphatic rings. The summed E-state index contributed by atoms with van der Waals surface area (Å²) < 4.78 is 0. The third-order valence-corrected chi connectivity index (χ3v) is 4.97. The number of rotatable bonds is 4. The van der Waals surface area contributed by atoms with Crippen LogP contribution in [0, 0.1) is 0 Å². The molecule has 0 saturated carbocycles. The maximum Gasteiger partial charge on any atom is 0.0954 e. The molecule has 0 fully saturated rings. The van der Waals surface area contributed by atoms with Gasteiger partial charge in [0, 0.05) is 21.9 Å². The van der Waals surface area contributed by atoms with E-state index in [1.807, 2.05) is 18.2 Å². The Morgan fingerprint density at radius 3 is 2.83 bits per heavy atom. The van der Waals surface area contributed by atoms with E-state index < -0.39 is 0 Å². The van der Waals surface area contributed by atoms with Crippen LogP contribution in [0.15, 0.2) is 28.5 Å². The number of thiazole rings is 1. The topological polar surface area (TPSA) is 38.9 Å². The summed E-state index contributed by atoms with van der Waals surface area (Å²) >= 11 is 9.44. The van der Waals surface area contributed by atoms with Gasteiger partial charge in [-0.2, -0.15) is 0 Å². The van der Waals surface area contributed by atoms with Crippen molar-refractivity contribution in [2.24, 2.45) is 0 Å². The number of nitrogen functional groups attached to an aromatic ring is 1. The van der Waals surface area contributed by atoms with Gasteiger partial charge in [-0.25, -0.2) is 4.98 Å². The van der Waals surface area contributed by atoms with E-state index in [1.54, 1.807) is 23.1 Å². The lowest BCUT2D eigenvalue weighted by Crippen LogP contribution is -1.88. The summed E-state index contributed by atoms with van der Waals surface area (Å²) in [5.41, 5.74) is 7.43. The highest BCUT2D eigenvalue weighted by molar-refractivity contribution is 7.98. The molecule has 0 aliphatic carbocycles. The Morgan fingerprint density at radius 1 is 1.44 bits per heavy atom. The van der Waals surface area contributed by atoms with Crippen molar-refractivity contribution in [3.63, 3.8) is 0 Å². The standard InChI is InChI=1S/C13H15ClN2S2/c1-8(2)13-16-9(7-18-13)6-17-10-3-4-12(15)11(14)5-10/h3-5,7-8H,6,15H2,1-2H3. The molecule has 2 aromatic rings. The Balaban J connectivity index is 2.00. The van der Waals surface area contributed by atoms with Crippen LogP contribution in [0.25, 0.3) is 0 Å². The highest BCUT2D eigenvalue weighted by Gasteiger charge is 2.06. The molecule has 2 nitrogen and oxygen atoms in total. The average molecular weight is 299 g/mol. The second-order valence-electron chi connectivity index (χ2n) is 4.30. The van der Waals surface area contributed by atoms with Gasteiger partial charge in [-0.3, -0.25) is 0 Å². The summed E-state index contributed by atoms with van der Waals surface area (Å²) in [4.78, 5) is 5.72. The van der Waals surface area contributed by atoms with Crippen LogP contribution in [-0.2, 0) is 5.75 Å². The minimum atomic E-state index is 0.500. The quantitative estimate of drug-likeness (QED) is 0.651. The molecule has 2 N–H and O–H groups in total. The first-order valence-corrected chi connectivity index (χ1v) is 7.92. The molecule has 5 heteroatoms. The molecule has 1 aromatic carbocycles. The molecule has 0 radical (unpaired) electrons. The minimum absolute atomic E-state index is 0.500. The normalized spacial score (nSPS) is 11.1. The summed E-state index contributed by atoms with van der Waals surface area (Å²) in [5, 5.41) is 3.93. The molecule has 0 aliphatic heterocycles. The van der Waals surface area contributed by atoms with Gasteiger partial charge < -0.3 is 5.73 Å².